The first-order valence-corrected chi connectivity index (χ1v) is 5.25. The van der Waals surface area contributed by atoms with E-state index in [2.05, 4.69) is 6.92 Å². The zero-order valence-electron chi connectivity index (χ0n) is 9.09. The van der Waals surface area contributed by atoms with Gasteiger partial charge >= 0.3 is 0 Å². The largest absolute Gasteiger partial charge is 0.508 e. The van der Waals surface area contributed by atoms with Crippen LogP contribution in [0.2, 0.25) is 0 Å². The fourth-order valence-electron chi connectivity index (χ4n) is 1.74. The van der Waals surface area contributed by atoms with Crippen molar-refractivity contribution in [3.63, 3.8) is 0 Å². The third kappa shape index (κ3) is 2.16. The standard InChI is InChI=1S/C14H14O2/c1-10-2-5-12(15)8-9-14(10)11-3-6-13(16)7-4-11/h2-10,15-16H,1H3/t10-/m1/s1. The summed E-state index contributed by atoms with van der Waals surface area (Å²) in [5, 5.41) is 18.6. The lowest BCUT2D eigenvalue weighted by molar-refractivity contribution is 0.432. The number of hydrogen-bond donors (Lipinski definition) is 2. The quantitative estimate of drug-likeness (QED) is 0.752. The molecule has 1 aromatic rings. The Morgan fingerprint density at radius 2 is 1.69 bits per heavy atom. The normalized spacial score (nSPS) is 19.9. The van der Waals surface area contributed by atoms with Crippen LogP contribution in [-0.4, -0.2) is 10.2 Å². The van der Waals surface area contributed by atoms with Gasteiger partial charge in [0.15, 0.2) is 0 Å². The maximum Gasteiger partial charge on any atom is 0.115 e. The first kappa shape index (κ1) is 10.6. The molecular formula is C14H14O2. The van der Waals surface area contributed by atoms with Crippen molar-refractivity contribution in [2.75, 3.05) is 0 Å². The van der Waals surface area contributed by atoms with Gasteiger partial charge in [0.25, 0.3) is 0 Å². The molecule has 1 aliphatic rings. The van der Waals surface area contributed by atoms with Crippen LogP contribution in [0.25, 0.3) is 5.57 Å². The third-order valence-electron chi connectivity index (χ3n) is 2.68. The second kappa shape index (κ2) is 4.27. The van der Waals surface area contributed by atoms with E-state index >= 15 is 0 Å². The lowest BCUT2D eigenvalue weighted by Crippen LogP contribution is -1.94. The molecule has 82 valence electrons. The molecule has 0 aromatic heterocycles. The van der Waals surface area contributed by atoms with E-state index in [0.29, 0.717) is 0 Å². The van der Waals surface area contributed by atoms with E-state index in [4.69, 9.17) is 0 Å². The van der Waals surface area contributed by atoms with Crippen molar-refractivity contribution in [1.82, 2.24) is 0 Å². The molecule has 0 fully saturated rings. The fourth-order valence-corrected chi connectivity index (χ4v) is 1.74. The summed E-state index contributed by atoms with van der Waals surface area (Å²) in [7, 11) is 0. The van der Waals surface area contributed by atoms with E-state index in [1.807, 2.05) is 24.3 Å². The van der Waals surface area contributed by atoms with Gasteiger partial charge in [-0.05, 0) is 41.3 Å². The molecule has 0 saturated heterocycles. The number of aliphatic hydroxyl groups excluding tert-OH is 1. The second-order valence-electron chi connectivity index (χ2n) is 3.91. The molecule has 1 aliphatic carbocycles. The Balaban J connectivity index is 2.40. The van der Waals surface area contributed by atoms with Crippen molar-refractivity contribution in [3.05, 3.63) is 59.9 Å². The van der Waals surface area contributed by atoms with Gasteiger partial charge in [0.2, 0.25) is 0 Å². The van der Waals surface area contributed by atoms with Gasteiger partial charge in [0.05, 0.1) is 0 Å². The van der Waals surface area contributed by atoms with Gasteiger partial charge < -0.3 is 10.2 Å². The highest BCUT2D eigenvalue weighted by Crippen LogP contribution is 2.27. The molecule has 0 unspecified atom stereocenters. The molecule has 0 amide bonds. The Labute approximate surface area is 94.9 Å². The van der Waals surface area contributed by atoms with Crippen LogP contribution in [0.4, 0.5) is 0 Å². The monoisotopic (exact) mass is 214 g/mol. The molecule has 0 heterocycles. The van der Waals surface area contributed by atoms with E-state index in [-0.39, 0.29) is 17.4 Å². The van der Waals surface area contributed by atoms with Crippen LogP contribution in [0.5, 0.6) is 5.75 Å². The van der Waals surface area contributed by atoms with Gasteiger partial charge in [-0.15, -0.1) is 0 Å². The van der Waals surface area contributed by atoms with Crippen molar-refractivity contribution in [1.29, 1.82) is 0 Å². The van der Waals surface area contributed by atoms with E-state index in [0.717, 1.165) is 11.1 Å². The van der Waals surface area contributed by atoms with Crippen LogP contribution in [0.15, 0.2) is 54.3 Å². The minimum Gasteiger partial charge on any atom is -0.508 e. The number of aromatic hydroxyl groups is 1. The zero-order valence-corrected chi connectivity index (χ0v) is 9.09. The van der Waals surface area contributed by atoms with E-state index in [1.165, 1.54) is 0 Å². The summed E-state index contributed by atoms with van der Waals surface area (Å²) in [6, 6.07) is 7.09. The summed E-state index contributed by atoms with van der Waals surface area (Å²) >= 11 is 0. The maximum atomic E-state index is 9.41. The maximum absolute atomic E-state index is 9.41. The lowest BCUT2D eigenvalue weighted by atomic mass is 9.94. The van der Waals surface area contributed by atoms with Crippen LogP contribution in [0.3, 0.4) is 0 Å². The van der Waals surface area contributed by atoms with Crippen molar-refractivity contribution in [2.45, 2.75) is 6.92 Å². The Hall–Kier alpha value is -1.96. The van der Waals surface area contributed by atoms with Gasteiger partial charge in [-0.3, -0.25) is 0 Å². The molecule has 2 rings (SSSR count). The van der Waals surface area contributed by atoms with Gasteiger partial charge in [0.1, 0.15) is 11.5 Å². The van der Waals surface area contributed by atoms with E-state index in [9.17, 15) is 10.2 Å². The van der Waals surface area contributed by atoms with Crippen molar-refractivity contribution in [2.24, 2.45) is 5.92 Å². The van der Waals surface area contributed by atoms with Crippen LogP contribution in [0.1, 0.15) is 12.5 Å². The smallest absolute Gasteiger partial charge is 0.115 e. The topological polar surface area (TPSA) is 40.5 Å². The minimum atomic E-state index is 0.241. The summed E-state index contributed by atoms with van der Waals surface area (Å²) < 4.78 is 0. The summed E-state index contributed by atoms with van der Waals surface area (Å²) in [5.74, 6) is 0.769. The van der Waals surface area contributed by atoms with Crippen LogP contribution in [-0.2, 0) is 0 Å². The minimum absolute atomic E-state index is 0.241. The highest BCUT2D eigenvalue weighted by Gasteiger charge is 2.09. The molecule has 1 aromatic carbocycles. The molecule has 0 saturated carbocycles. The Morgan fingerprint density at radius 1 is 1.00 bits per heavy atom. The molecule has 0 aliphatic heterocycles. The summed E-state index contributed by atoms with van der Waals surface area (Å²) in [6.45, 7) is 2.07. The number of hydrogen-bond acceptors (Lipinski definition) is 2. The summed E-state index contributed by atoms with van der Waals surface area (Å²) in [6.07, 6.45) is 7.25. The van der Waals surface area contributed by atoms with Crippen molar-refractivity contribution >= 4 is 5.57 Å². The fraction of sp³-hybridized carbons (Fsp3) is 0.143. The van der Waals surface area contributed by atoms with Gasteiger partial charge in [-0.2, -0.15) is 0 Å². The molecule has 2 N–H and O–H groups in total. The van der Waals surface area contributed by atoms with E-state index in [1.54, 1.807) is 24.3 Å². The summed E-state index contributed by atoms with van der Waals surface area (Å²) in [5.41, 5.74) is 2.18. The molecule has 0 bridgehead atoms. The molecule has 1 atom stereocenters. The van der Waals surface area contributed by atoms with Gasteiger partial charge in [-0.1, -0.05) is 31.2 Å². The molecule has 2 nitrogen and oxygen atoms in total. The average Bonchev–Trinajstić information content (AvgIpc) is 2.44. The van der Waals surface area contributed by atoms with Crippen molar-refractivity contribution in [3.8, 4) is 5.75 Å². The average molecular weight is 214 g/mol. The second-order valence-corrected chi connectivity index (χ2v) is 3.91. The highest BCUT2D eigenvalue weighted by atomic mass is 16.3. The number of benzene rings is 1. The van der Waals surface area contributed by atoms with Gasteiger partial charge in [0, 0.05) is 0 Å². The predicted octanol–water partition coefficient (Wildman–Crippen LogP) is 3.42. The molecule has 0 radical (unpaired) electrons. The first-order valence-electron chi connectivity index (χ1n) is 5.25. The first-order chi connectivity index (χ1) is 7.66. The number of phenols is 1. The van der Waals surface area contributed by atoms with Crippen LogP contribution in [0, 0.1) is 5.92 Å². The molecule has 0 spiro atoms. The Bertz CT molecular complexity index is 464. The molecule has 16 heavy (non-hydrogen) atoms. The predicted molar refractivity (Wildman–Crippen MR) is 65.1 cm³/mol. The number of rotatable bonds is 1. The zero-order chi connectivity index (χ0) is 11.5. The lowest BCUT2D eigenvalue weighted by Gasteiger charge is -2.11. The summed E-state index contributed by atoms with van der Waals surface area (Å²) in [4.78, 5) is 0. The Morgan fingerprint density at radius 3 is 2.38 bits per heavy atom. The van der Waals surface area contributed by atoms with Crippen LogP contribution < -0.4 is 0 Å². The van der Waals surface area contributed by atoms with Gasteiger partial charge in [-0.25, -0.2) is 0 Å². The molecule has 2 heteroatoms. The third-order valence-corrected chi connectivity index (χ3v) is 2.68. The Kier molecular flexibility index (Phi) is 2.82. The molecular weight excluding hydrogens is 200 g/mol. The van der Waals surface area contributed by atoms with E-state index < -0.39 is 0 Å². The van der Waals surface area contributed by atoms with Crippen molar-refractivity contribution < 1.29 is 10.2 Å². The number of phenolic OH excluding ortho intramolecular Hbond substituents is 1. The SMILES string of the molecule is C[C@@H]1C=CC(O)=CC=C1c1ccc(O)cc1. The number of aliphatic hydroxyl groups is 1. The highest BCUT2D eigenvalue weighted by molar-refractivity contribution is 5.71. The van der Waals surface area contributed by atoms with Crippen LogP contribution >= 0.6 is 0 Å². The number of allylic oxidation sites excluding steroid dienone is 5.